The minimum Gasteiger partial charge on any atom is -0.309 e. The first-order chi connectivity index (χ1) is 31.0. The van der Waals surface area contributed by atoms with Crippen LogP contribution in [0.1, 0.15) is 20.6 Å². The molecular formula is C48H32N2. The summed E-state index contributed by atoms with van der Waals surface area (Å²) in [7, 11) is 0. The molecule has 2 heteroatoms. The maximum Gasteiger partial charge on any atom is 0.0645 e. The van der Waals surface area contributed by atoms with Gasteiger partial charge in [-0.1, -0.05) is 145 Å². The van der Waals surface area contributed by atoms with Crippen LogP contribution in [0.3, 0.4) is 0 Å². The Hall–Kier alpha value is -6.64. The number of rotatable bonds is 5. The van der Waals surface area contributed by atoms with Crippen molar-refractivity contribution in [2.45, 2.75) is 0 Å². The molecule has 0 radical (unpaired) electrons. The lowest BCUT2D eigenvalue weighted by molar-refractivity contribution is 1.17. The number of fused-ring (bicyclic) bond motifs is 6. The molecule has 0 unspecified atom stereocenters. The highest BCUT2D eigenvalue weighted by molar-refractivity contribution is 6.13. The Bertz CT molecular complexity index is 3560. The van der Waals surface area contributed by atoms with Gasteiger partial charge in [-0.3, -0.25) is 0 Å². The van der Waals surface area contributed by atoms with E-state index < -0.39 is 78.6 Å². The van der Waals surface area contributed by atoms with Gasteiger partial charge in [0.1, 0.15) is 0 Å². The summed E-state index contributed by atoms with van der Waals surface area (Å²) in [6, 6.07) is 23.9. The summed E-state index contributed by atoms with van der Waals surface area (Å²) in [5, 5.41) is 3.23. The van der Waals surface area contributed by atoms with Crippen LogP contribution in [0.2, 0.25) is 0 Å². The second-order valence-electron chi connectivity index (χ2n) is 11.8. The van der Waals surface area contributed by atoms with Crippen LogP contribution < -0.4 is 0 Å². The van der Waals surface area contributed by atoms with Crippen molar-refractivity contribution < 1.29 is 20.6 Å². The molecule has 0 N–H and O–H groups in total. The Labute approximate surface area is 311 Å². The zero-order chi connectivity index (χ0) is 46.1. The highest BCUT2D eigenvalue weighted by atomic mass is 15.0. The minimum absolute atomic E-state index is 0.0177. The van der Waals surface area contributed by atoms with Gasteiger partial charge in [0, 0.05) is 32.9 Å². The van der Waals surface area contributed by atoms with Crippen LogP contribution in [0, 0.1) is 0 Å². The van der Waals surface area contributed by atoms with Gasteiger partial charge in [0.2, 0.25) is 0 Å². The molecule has 0 amide bonds. The first-order valence-electron chi connectivity index (χ1n) is 23.5. The fraction of sp³-hybridized carbons (Fsp3) is 0. The number of nitrogens with zero attached hydrogens (tertiary/aromatic N) is 2. The van der Waals surface area contributed by atoms with E-state index in [2.05, 4.69) is 0 Å². The van der Waals surface area contributed by atoms with E-state index >= 15 is 0 Å². The second kappa shape index (κ2) is 11.5. The van der Waals surface area contributed by atoms with Gasteiger partial charge in [-0.15, -0.1) is 0 Å². The molecule has 10 aromatic rings. The van der Waals surface area contributed by atoms with Crippen molar-refractivity contribution in [1.29, 1.82) is 0 Å². The molecule has 0 bridgehead atoms. The SMILES string of the molecule is [2H]c1c([2H])c([2H])c(-c2cccc(-c3c([2H])c([2H])c([2H])c([2H])c3[2H])c2-c2ccc3c4ccccc4n(-c4ccc5c(c4)c4ccccc4n5-c4c([2H])c([2H])c([2H])c([2H])c4[2H])c3c2)c([2H])c1[2H]. The Morgan fingerprint density at radius 2 is 0.860 bits per heavy atom. The normalized spacial score (nSPS) is 15.8. The van der Waals surface area contributed by atoms with Gasteiger partial charge in [-0.05, 0) is 81.9 Å². The summed E-state index contributed by atoms with van der Waals surface area (Å²) < 4.78 is 133. The van der Waals surface area contributed by atoms with Crippen LogP contribution in [0.4, 0.5) is 0 Å². The van der Waals surface area contributed by atoms with Crippen molar-refractivity contribution >= 4 is 43.6 Å². The molecule has 2 aromatic heterocycles. The van der Waals surface area contributed by atoms with Gasteiger partial charge in [0.15, 0.2) is 0 Å². The molecule has 0 fully saturated rings. The van der Waals surface area contributed by atoms with Gasteiger partial charge in [-0.2, -0.15) is 0 Å². The number of hydrogen-bond acceptors (Lipinski definition) is 0. The largest absolute Gasteiger partial charge is 0.309 e. The second-order valence-corrected chi connectivity index (χ2v) is 11.8. The summed E-state index contributed by atoms with van der Waals surface area (Å²) in [6.07, 6.45) is 0. The van der Waals surface area contributed by atoms with E-state index in [1.54, 1.807) is 22.8 Å². The molecule has 2 heterocycles. The molecule has 0 aliphatic carbocycles. The Kier molecular flexibility index (Phi) is 3.95. The molecule has 0 saturated heterocycles. The van der Waals surface area contributed by atoms with E-state index in [9.17, 15) is 0 Å². The molecule has 0 aliphatic heterocycles. The van der Waals surface area contributed by atoms with E-state index in [4.69, 9.17) is 20.6 Å². The monoisotopic (exact) mass is 651 g/mol. The Balaban J connectivity index is 1.30. The van der Waals surface area contributed by atoms with Crippen LogP contribution >= 0.6 is 0 Å². The Morgan fingerprint density at radius 1 is 0.340 bits per heavy atom. The fourth-order valence-electron chi connectivity index (χ4n) is 7.15. The van der Waals surface area contributed by atoms with Gasteiger partial charge in [-0.25, -0.2) is 0 Å². The maximum absolute atomic E-state index is 8.99. The lowest BCUT2D eigenvalue weighted by atomic mass is 9.87. The average Bonchev–Trinajstić information content (AvgIpc) is 3.82. The molecular weight excluding hydrogens is 605 g/mol. The van der Waals surface area contributed by atoms with Crippen LogP contribution in [-0.2, 0) is 0 Å². The summed E-state index contributed by atoms with van der Waals surface area (Å²) in [5.41, 5.74) is 4.33. The molecule has 0 saturated carbocycles. The Morgan fingerprint density at radius 3 is 1.50 bits per heavy atom. The lowest BCUT2D eigenvalue weighted by Crippen LogP contribution is -1.96. The predicted molar refractivity (Wildman–Crippen MR) is 211 cm³/mol. The standard InChI is InChI=1S/C48H32N2/c1-4-15-33(16-5-1)38-23-14-24-39(34-17-6-2-7-18-34)48(38)35-27-29-42-40-21-10-12-25-44(40)50(47(42)31-35)37-28-30-46-43(32-37)41-22-11-13-26-45(41)49(46)36-19-8-3-9-20-36/h1-32H/i1D,2D,3D,4D,5D,6D,7D,8D,9D,15D,16D,17D,18D,19D,20D. The highest BCUT2D eigenvalue weighted by Crippen LogP contribution is 2.43. The third-order valence-corrected chi connectivity index (χ3v) is 9.19. The van der Waals surface area contributed by atoms with Crippen LogP contribution in [-0.4, -0.2) is 9.13 Å². The summed E-state index contributed by atoms with van der Waals surface area (Å²) >= 11 is 0. The maximum atomic E-state index is 8.99. The van der Waals surface area contributed by atoms with E-state index in [0.29, 0.717) is 27.8 Å². The lowest BCUT2D eigenvalue weighted by Gasteiger charge is -2.17. The number of benzene rings is 8. The first kappa shape index (κ1) is 17.1. The first-order valence-corrected chi connectivity index (χ1v) is 16.0. The number of hydrogen-bond donors (Lipinski definition) is 0. The van der Waals surface area contributed by atoms with E-state index in [0.717, 1.165) is 27.1 Å². The van der Waals surface area contributed by atoms with Crippen molar-refractivity contribution in [3.05, 3.63) is 194 Å². The van der Waals surface area contributed by atoms with Crippen LogP contribution in [0.25, 0.3) is 88.4 Å². The molecule has 50 heavy (non-hydrogen) atoms. The topological polar surface area (TPSA) is 9.86 Å². The molecule has 234 valence electrons. The highest BCUT2D eigenvalue weighted by Gasteiger charge is 2.19. The van der Waals surface area contributed by atoms with Gasteiger partial charge < -0.3 is 9.13 Å². The van der Waals surface area contributed by atoms with Crippen LogP contribution in [0.15, 0.2) is 194 Å². The fourth-order valence-corrected chi connectivity index (χ4v) is 7.15. The quantitative estimate of drug-likeness (QED) is 0.175. The van der Waals surface area contributed by atoms with Crippen molar-refractivity contribution in [3.63, 3.8) is 0 Å². The third-order valence-electron chi connectivity index (χ3n) is 9.19. The smallest absolute Gasteiger partial charge is 0.0645 e. The van der Waals surface area contributed by atoms with E-state index in [-0.39, 0.29) is 45.6 Å². The molecule has 8 aromatic carbocycles. The molecule has 10 rings (SSSR count). The predicted octanol–water partition coefficient (Wildman–Crippen LogP) is 12.9. The third kappa shape index (κ3) is 4.43. The summed E-state index contributed by atoms with van der Waals surface area (Å²) in [4.78, 5) is 0. The van der Waals surface area contributed by atoms with Gasteiger partial charge in [0.25, 0.3) is 0 Å². The summed E-state index contributed by atoms with van der Waals surface area (Å²) in [6.45, 7) is 0. The minimum atomic E-state index is -0.577. The van der Waals surface area contributed by atoms with Crippen molar-refractivity contribution in [2.24, 2.45) is 0 Å². The summed E-state index contributed by atoms with van der Waals surface area (Å²) in [5.74, 6) is 0. The van der Waals surface area contributed by atoms with Crippen molar-refractivity contribution in [3.8, 4) is 44.8 Å². The number of aromatic nitrogens is 2. The molecule has 0 atom stereocenters. The zero-order valence-corrected chi connectivity index (χ0v) is 26.2. The van der Waals surface area contributed by atoms with Crippen molar-refractivity contribution in [2.75, 3.05) is 0 Å². The zero-order valence-electron chi connectivity index (χ0n) is 41.2. The van der Waals surface area contributed by atoms with Gasteiger partial charge in [0.05, 0.1) is 42.6 Å². The van der Waals surface area contributed by atoms with Crippen molar-refractivity contribution in [1.82, 2.24) is 9.13 Å². The molecule has 0 spiro atoms. The molecule has 2 nitrogen and oxygen atoms in total. The number of para-hydroxylation sites is 3. The van der Waals surface area contributed by atoms with Gasteiger partial charge >= 0.3 is 0 Å². The van der Waals surface area contributed by atoms with E-state index in [1.807, 2.05) is 89.5 Å². The molecule has 0 aliphatic rings. The average molecular weight is 652 g/mol. The van der Waals surface area contributed by atoms with E-state index in [1.165, 1.54) is 0 Å². The van der Waals surface area contributed by atoms with Crippen LogP contribution in [0.5, 0.6) is 0 Å².